The molecule has 0 bridgehead atoms. The van der Waals surface area contributed by atoms with E-state index in [9.17, 15) is 18.0 Å². The molecule has 2 N–H and O–H groups in total. The zero-order chi connectivity index (χ0) is 24.2. The highest BCUT2D eigenvalue weighted by Gasteiger charge is 2.40. The fourth-order valence-electron chi connectivity index (χ4n) is 3.40. The number of benzene rings is 2. The normalized spacial score (nSPS) is 16.5. The Morgan fingerprint density at radius 2 is 1.79 bits per heavy atom. The molecule has 1 aliphatic heterocycles. The lowest BCUT2D eigenvalue weighted by Crippen LogP contribution is -2.53. The molecule has 9 nitrogen and oxygen atoms in total. The summed E-state index contributed by atoms with van der Waals surface area (Å²) in [6.45, 7) is 7.65. The molecule has 0 fully saturated rings. The average molecular weight is 492 g/mol. The molecule has 1 heterocycles. The van der Waals surface area contributed by atoms with E-state index in [4.69, 9.17) is 9.26 Å². The number of nitrogens with zero attached hydrogens (tertiary/aromatic N) is 1. The van der Waals surface area contributed by atoms with E-state index in [-0.39, 0.29) is 30.2 Å². The molecule has 1 atom stereocenters. The molecule has 0 saturated heterocycles. The first-order valence-electron chi connectivity index (χ1n) is 10.6. The Balaban J connectivity index is 1.94. The number of carbonyl (C=O) groups is 2. The van der Waals surface area contributed by atoms with Gasteiger partial charge in [0.2, 0.25) is 18.3 Å². The van der Waals surface area contributed by atoms with Crippen LogP contribution >= 0.6 is 0 Å². The number of hydrogen-bond donors (Lipinski definition) is 2. The van der Waals surface area contributed by atoms with Gasteiger partial charge in [0.25, 0.3) is 5.91 Å². The first-order chi connectivity index (χ1) is 15.5. The van der Waals surface area contributed by atoms with Crippen molar-refractivity contribution in [2.75, 3.05) is 11.9 Å². The van der Waals surface area contributed by atoms with Gasteiger partial charge in [0.1, 0.15) is 6.04 Å². The number of sulfonamides is 1. The molecule has 3 rings (SSSR count). The number of fused-ring (bicyclic) bond motifs is 1. The van der Waals surface area contributed by atoms with Crippen molar-refractivity contribution in [3.8, 4) is 0 Å². The minimum atomic E-state index is -4.09. The Hall–Kier alpha value is -2.73. The van der Waals surface area contributed by atoms with Crippen LogP contribution in [0.4, 0.5) is 10.5 Å². The van der Waals surface area contributed by atoms with Crippen LogP contribution in [0.3, 0.4) is 0 Å². The van der Waals surface area contributed by atoms with E-state index < -0.39 is 36.4 Å². The van der Waals surface area contributed by atoms with Crippen molar-refractivity contribution in [2.24, 2.45) is 0 Å². The second-order valence-electron chi connectivity index (χ2n) is 8.59. The van der Waals surface area contributed by atoms with E-state index in [0.717, 1.165) is 11.1 Å². The molecule has 2 amide bonds. The number of carbonyl (C=O) groups excluding carboxylic acids is 2. The quantitative estimate of drug-likeness (QED) is 0.454. The maximum atomic E-state index is 13.6. The van der Waals surface area contributed by atoms with E-state index in [1.807, 2.05) is 43.9 Å². The Bertz CT molecular complexity index is 1130. The molecular formula is C22H29N3O6SSi. The summed E-state index contributed by atoms with van der Waals surface area (Å²) in [6.07, 6.45) is -0.462. The summed E-state index contributed by atoms with van der Waals surface area (Å²) >= 11 is 0. The van der Waals surface area contributed by atoms with Gasteiger partial charge in [0, 0.05) is 12.2 Å². The van der Waals surface area contributed by atoms with E-state index in [2.05, 4.69) is 10.8 Å². The number of hydroxylamine groups is 1. The fourth-order valence-corrected chi connectivity index (χ4v) is 5.42. The van der Waals surface area contributed by atoms with Crippen molar-refractivity contribution in [1.82, 2.24) is 9.79 Å². The van der Waals surface area contributed by atoms with Crippen LogP contribution in [0.25, 0.3) is 0 Å². The van der Waals surface area contributed by atoms with E-state index >= 15 is 0 Å². The number of anilines is 1. The SMILES string of the molecule is CCOC(=O)Nc1cccc(S(=O)(=O)N2Cc3ccccc3C[C@@H]2C(=O)NO[Si](C)(C)C)c1. The highest BCUT2D eigenvalue weighted by Crippen LogP contribution is 2.30. The Morgan fingerprint density at radius 3 is 2.45 bits per heavy atom. The molecule has 0 saturated carbocycles. The monoisotopic (exact) mass is 491 g/mol. The van der Waals surface area contributed by atoms with Crippen LogP contribution in [0.2, 0.25) is 19.6 Å². The predicted molar refractivity (Wildman–Crippen MR) is 126 cm³/mol. The zero-order valence-electron chi connectivity index (χ0n) is 19.1. The van der Waals surface area contributed by atoms with Gasteiger partial charge in [-0.05, 0) is 62.3 Å². The molecule has 2 aromatic carbocycles. The van der Waals surface area contributed by atoms with Gasteiger partial charge >= 0.3 is 6.09 Å². The Morgan fingerprint density at radius 1 is 1.09 bits per heavy atom. The molecule has 0 aromatic heterocycles. The molecule has 2 aromatic rings. The number of rotatable bonds is 7. The van der Waals surface area contributed by atoms with Crippen molar-refractivity contribution in [2.45, 2.75) is 50.5 Å². The van der Waals surface area contributed by atoms with Crippen LogP contribution < -0.4 is 10.8 Å². The van der Waals surface area contributed by atoms with Gasteiger partial charge in [-0.25, -0.2) is 18.7 Å². The van der Waals surface area contributed by atoms with Crippen molar-refractivity contribution in [3.05, 3.63) is 59.7 Å². The van der Waals surface area contributed by atoms with Crippen molar-refractivity contribution >= 4 is 36.0 Å². The van der Waals surface area contributed by atoms with Gasteiger partial charge < -0.3 is 9.26 Å². The standard InChI is InChI=1S/C22H29N3O6SSi/c1-5-30-22(27)23-18-11-8-12-19(14-18)32(28,29)25-15-17-10-7-6-9-16(17)13-20(25)21(26)24-31-33(2,3)4/h6-12,14,20H,5,13,15H2,1-4H3,(H,23,27)(H,24,26)/t20-/m1/s1. The lowest BCUT2D eigenvalue weighted by molar-refractivity contribution is -0.132. The molecular weight excluding hydrogens is 462 g/mol. The van der Waals surface area contributed by atoms with Crippen molar-refractivity contribution in [1.29, 1.82) is 0 Å². The Labute approximate surface area is 195 Å². The third-order valence-corrected chi connectivity index (χ3v) is 7.49. The fraction of sp³-hybridized carbons (Fsp3) is 0.364. The molecule has 33 heavy (non-hydrogen) atoms. The third kappa shape index (κ3) is 6.19. The van der Waals surface area contributed by atoms with Crippen LogP contribution in [0, 0.1) is 0 Å². The third-order valence-electron chi connectivity index (χ3n) is 4.93. The van der Waals surface area contributed by atoms with Crippen molar-refractivity contribution < 1.29 is 27.3 Å². The number of amides is 2. The minimum Gasteiger partial charge on any atom is -0.450 e. The van der Waals surface area contributed by atoms with Crippen LogP contribution in [0.5, 0.6) is 0 Å². The van der Waals surface area contributed by atoms with Gasteiger partial charge in [0.05, 0.1) is 11.5 Å². The molecule has 0 radical (unpaired) electrons. The van der Waals surface area contributed by atoms with Gasteiger partial charge in [-0.1, -0.05) is 30.3 Å². The summed E-state index contributed by atoms with van der Waals surface area (Å²) in [5.41, 5.74) is 4.49. The summed E-state index contributed by atoms with van der Waals surface area (Å²) in [4.78, 5) is 24.7. The molecule has 0 unspecified atom stereocenters. The summed E-state index contributed by atoms with van der Waals surface area (Å²) in [7, 11) is -6.16. The lowest BCUT2D eigenvalue weighted by Gasteiger charge is -2.35. The van der Waals surface area contributed by atoms with Gasteiger partial charge in [-0.2, -0.15) is 4.31 Å². The van der Waals surface area contributed by atoms with E-state index in [1.165, 1.54) is 22.5 Å². The molecule has 11 heteroatoms. The number of nitrogens with one attached hydrogen (secondary N) is 2. The summed E-state index contributed by atoms with van der Waals surface area (Å²) in [6, 6.07) is 12.3. The highest BCUT2D eigenvalue weighted by atomic mass is 32.2. The summed E-state index contributed by atoms with van der Waals surface area (Å²) in [5.74, 6) is -0.517. The minimum absolute atomic E-state index is 0.0407. The molecule has 178 valence electrons. The smallest absolute Gasteiger partial charge is 0.411 e. The topological polar surface area (TPSA) is 114 Å². The van der Waals surface area contributed by atoms with Crippen LogP contribution in [-0.4, -0.2) is 45.7 Å². The van der Waals surface area contributed by atoms with E-state index in [0.29, 0.717) is 0 Å². The predicted octanol–water partition coefficient (Wildman–Crippen LogP) is 3.25. The first kappa shape index (κ1) is 24.9. The lowest BCUT2D eigenvalue weighted by atomic mass is 9.95. The number of hydrogen-bond acceptors (Lipinski definition) is 6. The Kier molecular flexibility index (Phi) is 7.57. The zero-order valence-corrected chi connectivity index (χ0v) is 20.9. The van der Waals surface area contributed by atoms with Crippen LogP contribution in [0.1, 0.15) is 18.1 Å². The molecule has 0 spiro atoms. The summed E-state index contributed by atoms with van der Waals surface area (Å²) < 4.78 is 38.9. The highest BCUT2D eigenvalue weighted by molar-refractivity contribution is 7.89. The largest absolute Gasteiger partial charge is 0.450 e. The second-order valence-corrected chi connectivity index (χ2v) is 14.9. The van der Waals surface area contributed by atoms with Crippen LogP contribution in [-0.2, 0) is 37.0 Å². The van der Waals surface area contributed by atoms with Gasteiger partial charge in [0.15, 0.2) is 0 Å². The maximum Gasteiger partial charge on any atom is 0.411 e. The van der Waals surface area contributed by atoms with E-state index in [1.54, 1.807) is 13.0 Å². The van der Waals surface area contributed by atoms with Gasteiger partial charge in [-0.3, -0.25) is 10.1 Å². The molecule has 1 aliphatic rings. The first-order valence-corrected chi connectivity index (χ1v) is 15.5. The second kappa shape index (κ2) is 10.0. The summed E-state index contributed by atoms with van der Waals surface area (Å²) in [5, 5.41) is 2.51. The van der Waals surface area contributed by atoms with Crippen LogP contribution in [0.15, 0.2) is 53.4 Å². The number of ether oxygens (including phenoxy) is 1. The molecule has 0 aliphatic carbocycles. The van der Waals surface area contributed by atoms with Gasteiger partial charge in [-0.15, -0.1) is 0 Å². The maximum absolute atomic E-state index is 13.6. The van der Waals surface area contributed by atoms with Crippen molar-refractivity contribution in [3.63, 3.8) is 0 Å². The average Bonchev–Trinajstić information content (AvgIpc) is 2.76.